The van der Waals surface area contributed by atoms with Gasteiger partial charge in [0.05, 0.1) is 18.7 Å². The maximum atomic E-state index is 5.44. The number of benzene rings is 2. The van der Waals surface area contributed by atoms with Crippen LogP contribution in [0, 0.1) is 0 Å². The van der Waals surface area contributed by atoms with Gasteiger partial charge in [0.15, 0.2) is 5.82 Å². The largest absolute Gasteiger partial charge is 0.496 e. The molecule has 0 amide bonds. The fraction of sp³-hybridized carbons (Fsp3) is 0.176. The summed E-state index contributed by atoms with van der Waals surface area (Å²) >= 11 is 5.01. The zero-order chi connectivity index (χ0) is 16.9. The summed E-state index contributed by atoms with van der Waals surface area (Å²) < 4.78 is 11.7. The predicted octanol–water partition coefficient (Wildman–Crippen LogP) is 4.54. The highest BCUT2D eigenvalue weighted by atomic mass is 79.9. The lowest BCUT2D eigenvalue weighted by molar-refractivity contribution is 0.398. The fourth-order valence-electron chi connectivity index (χ4n) is 2.21. The van der Waals surface area contributed by atoms with Gasteiger partial charge in [-0.1, -0.05) is 42.1 Å². The van der Waals surface area contributed by atoms with Crippen LogP contribution in [0.5, 0.6) is 11.5 Å². The molecule has 1 aromatic heterocycles. The van der Waals surface area contributed by atoms with Gasteiger partial charge in [-0.3, -0.25) is 5.10 Å². The highest BCUT2D eigenvalue weighted by Crippen LogP contribution is 2.35. The Bertz CT molecular complexity index is 824. The molecule has 0 aliphatic rings. The third-order valence-electron chi connectivity index (χ3n) is 3.42. The number of rotatable bonds is 6. The monoisotopic (exact) mass is 405 g/mol. The molecule has 1 N–H and O–H groups in total. The zero-order valence-corrected chi connectivity index (χ0v) is 15.6. The minimum Gasteiger partial charge on any atom is -0.496 e. The van der Waals surface area contributed by atoms with Crippen molar-refractivity contribution in [3.63, 3.8) is 0 Å². The van der Waals surface area contributed by atoms with Crippen LogP contribution in [0.4, 0.5) is 0 Å². The van der Waals surface area contributed by atoms with Gasteiger partial charge >= 0.3 is 0 Å². The molecule has 0 fully saturated rings. The molecule has 24 heavy (non-hydrogen) atoms. The number of thioether (sulfide) groups is 1. The second-order valence-electron chi connectivity index (χ2n) is 4.92. The van der Waals surface area contributed by atoms with E-state index in [0.717, 1.165) is 32.9 Å². The molecule has 3 rings (SSSR count). The first-order valence-electron chi connectivity index (χ1n) is 7.22. The third-order valence-corrected chi connectivity index (χ3v) is 4.94. The van der Waals surface area contributed by atoms with E-state index in [0.29, 0.717) is 10.9 Å². The number of nitrogens with zero attached hydrogens (tertiary/aromatic N) is 2. The van der Waals surface area contributed by atoms with Gasteiger partial charge in [-0.2, -0.15) is 0 Å². The van der Waals surface area contributed by atoms with Crippen molar-refractivity contribution in [2.45, 2.75) is 10.9 Å². The molecular formula is C17H16BrN3O2S. The summed E-state index contributed by atoms with van der Waals surface area (Å²) in [6.45, 7) is 0. The minimum absolute atomic E-state index is 0.679. The Balaban J connectivity index is 1.76. The lowest BCUT2D eigenvalue weighted by Crippen LogP contribution is -1.94. The fourth-order valence-corrected chi connectivity index (χ4v) is 3.48. The van der Waals surface area contributed by atoms with Crippen molar-refractivity contribution in [2.75, 3.05) is 14.2 Å². The molecule has 0 radical (unpaired) electrons. The maximum absolute atomic E-state index is 5.44. The van der Waals surface area contributed by atoms with Crippen molar-refractivity contribution >= 4 is 27.7 Å². The van der Waals surface area contributed by atoms with E-state index in [2.05, 4.69) is 31.1 Å². The van der Waals surface area contributed by atoms with E-state index in [1.165, 1.54) is 11.8 Å². The van der Waals surface area contributed by atoms with Crippen LogP contribution in [-0.4, -0.2) is 29.4 Å². The van der Waals surface area contributed by atoms with Crippen molar-refractivity contribution in [1.82, 2.24) is 15.2 Å². The topological polar surface area (TPSA) is 60.0 Å². The Kier molecular flexibility index (Phi) is 5.42. The van der Waals surface area contributed by atoms with Gasteiger partial charge in [-0.25, -0.2) is 4.98 Å². The molecule has 2 aromatic carbocycles. The molecule has 0 saturated carbocycles. The number of nitrogens with one attached hydrogen (secondary N) is 1. The van der Waals surface area contributed by atoms with E-state index in [-0.39, 0.29) is 0 Å². The predicted molar refractivity (Wildman–Crippen MR) is 98.6 cm³/mol. The molecule has 0 bridgehead atoms. The maximum Gasteiger partial charge on any atom is 0.209 e. The molecule has 5 nitrogen and oxygen atoms in total. The molecule has 7 heteroatoms. The van der Waals surface area contributed by atoms with Crippen molar-refractivity contribution < 1.29 is 9.47 Å². The van der Waals surface area contributed by atoms with Crippen LogP contribution in [-0.2, 0) is 5.75 Å². The molecular weight excluding hydrogens is 390 g/mol. The average molecular weight is 406 g/mol. The molecule has 3 aromatic rings. The molecule has 0 aliphatic carbocycles. The molecule has 0 aliphatic heterocycles. The lowest BCUT2D eigenvalue weighted by Gasteiger charge is -2.11. The molecule has 0 spiro atoms. The van der Waals surface area contributed by atoms with E-state index >= 15 is 0 Å². The molecule has 0 atom stereocenters. The highest BCUT2D eigenvalue weighted by molar-refractivity contribution is 9.10. The summed E-state index contributed by atoms with van der Waals surface area (Å²) in [6, 6.07) is 13.8. The summed E-state index contributed by atoms with van der Waals surface area (Å²) in [4.78, 5) is 4.53. The van der Waals surface area contributed by atoms with E-state index < -0.39 is 0 Å². The van der Waals surface area contributed by atoms with Crippen LogP contribution in [0.1, 0.15) is 5.56 Å². The normalized spacial score (nSPS) is 10.6. The van der Waals surface area contributed by atoms with Gasteiger partial charge in [0.2, 0.25) is 5.16 Å². The number of ether oxygens (including phenoxy) is 2. The highest BCUT2D eigenvalue weighted by Gasteiger charge is 2.12. The summed E-state index contributed by atoms with van der Waals surface area (Å²) in [5.74, 6) is 3.01. The summed E-state index contributed by atoms with van der Waals surface area (Å²) in [5.41, 5.74) is 2.04. The molecule has 124 valence electrons. The first-order valence-corrected chi connectivity index (χ1v) is 9.00. The first kappa shape index (κ1) is 16.9. The Morgan fingerprint density at radius 1 is 1.08 bits per heavy atom. The van der Waals surface area contributed by atoms with E-state index in [1.807, 2.05) is 42.5 Å². The lowest BCUT2D eigenvalue weighted by atomic mass is 10.2. The molecule has 1 heterocycles. The van der Waals surface area contributed by atoms with Gasteiger partial charge in [-0.05, 0) is 28.1 Å². The number of H-pyrrole nitrogens is 1. The first-order chi connectivity index (χ1) is 11.7. The Hall–Kier alpha value is -1.99. The van der Waals surface area contributed by atoms with E-state index in [9.17, 15) is 0 Å². The molecule has 0 unspecified atom stereocenters. The van der Waals surface area contributed by atoms with Crippen LogP contribution >= 0.6 is 27.7 Å². The third kappa shape index (κ3) is 3.73. The quantitative estimate of drug-likeness (QED) is 0.609. The number of methoxy groups -OCH3 is 2. The standard InChI is InChI=1S/C17H16BrN3O2S/c1-22-14-9-13(18)15(23-2)8-12(14)10-24-17-19-16(20-21-17)11-6-4-3-5-7-11/h3-9H,10H2,1-2H3,(H,19,20,21). The van der Waals surface area contributed by atoms with Crippen LogP contribution in [0.3, 0.4) is 0 Å². The zero-order valence-electron chi connectivity index (χ0n) is 13.2. The van der Waals surface area contributed by atoms with Gasteiger partial charge in [0.25, 0.3) is 0 Å². The summed E-state index contributed by atoms with van der Waals surface area (Å²) in [7, 11) is 3.30. The van der Waals surface area contributed by atoms with Crippen molar-refractivity contribution in [3.05, 3.63) is 52.5 Å². The minimum atomic E-state index is 0.679. The van der Waals surface area contributed by atoms with E-state index in [1.54, 1.807) is 14.2 Å². The van der Waals surface area contributed by atoms with Crippen molar-refractivity contribution in [2.24, 2.45) is 0 Å². The van der Waals surface area contributed by atoms with Crippen molar-refractivity contribution in [1.29, 1.82) is 0 Å². The SMILES string of the molecule is COc1cc(CSc2n[nH]c(-c3ccccc3)n2)c(OC)cc1Br. The number of halogens is 1. The summed E-state index contributed by atoms with van der Waals surface area (Å²) in [6.07, 6.45) is 0. The molecule has 0 saturated heterocycles. The number of aromatic nitrogens is 3. The van der Waals surface area contributed by atoms with Crippen LogP contribution in [0.25, 0.3) is 11.4 Å². The van der Waals surface area contributed by atoms with Crippen LogP contribution in [0.15, 0.2) is 52.1 Å². The van der Waals surface area contributed by atoms with Crippen molar-refractivity contribution in [3.8, 4) is 22.9 Å². The van der Waals surface area contributed by atoms with Crippen LogP contribution in [0.2, 0.25) is 0 Å². The second kappa shape index (κ2) is 7.72. The number of hydrogen-bond donors (Lipinski definition) is 1. The van der Waals surface area contributed by atoms with E-state index in [4.69, 9.17) is 9.47 Å². The Morgan fingerprint density at radius 3 is 2.54 bits per heavy atom. The smallest absolute Gasteiger partial charge is 0.209 e. The van der Waals surface area contributed by atoms with Gasteiger partial charge < -0.3 is 9.47 Å². The second-order valence-corrected chi connectivity index (χ2v) is 6.72. The van der Waals surface area contributed by atoms with Gasteiger partial charge in [-0.15, -0.1) is 5.10 Å². The van der Waals surface area contributed by atoms with Gasteiger partial charge in [0, 0.05) is 16.9 Å². The Morgan fingerprint density at radius 2 is 1.83 bits per heavy atom. The number of hydrogen-bond acceptors (Lipinski definition) is 5. The average Bonchev–Trinajstić information content (AvgIpc) is 3.10. The Labute approximate surface area is 152 Å². The summed E-state index contributed by atoms with van der Waals surface area (Å²) in [5, 5.41) is 7.93. The number of aromatic amines is 1. The van der Waals surface area contributed by atoms with Gasteiger partial charge in [0.1, 0.15) is 11.5 Å². The van der Waals surface area contributed by atoms with Crippen LogP contribution < -0.4 is 9.47 Å².